The van der Waals surface area contributed by atoms with Crippen LogP contribution in [0.15, 0.2) is 0 Å². The van der Waals surface area contributed by atoms with Gasteiger partial charge in [0, 0.05) is 6.54 Å². The summed E-state index contributed by atoms with van der Waals surface area (Å²) in [4.78, 5) is 0. The standard InChI is InChI=1S/C16H33N/c1-3-5-6-7-8-9-12-16(15-17-4-2)13-10-11-14-16/h17H,3-15H2,1-2H3. The minimum absolute atomic E-state index is 0.681. The lowest BCUT2D eigenvalue weighted by atomic mass is 9.80. The van der Waals surface area contributed by atoms with Crippen LogP contribution in [0.1, 0.15) is 84.5 Å². The number of unbranched alkanes of at least 4 members (excludes halogenated alkanes) is 5. The lowest BCUT2D eigenvalue weighted by Crippen LogP contribution is -2.32. The first kappa shape index (κ1) is 15.0. The zero-order valence-electron chi connectivity index (χ0n) is 12.2. The van der Waals surface area contributed by atoms with Gasteiger partial charge in [-0.05, 0) is 31.2 Å². The first-order chi connectivity index (χ1) is 8.33. The Kier molecular flexibility index (Phi) is 7.92. The van der Waals surface area contributed by atoms with Crippen molar-refractivity contribution < 1.29 is 0 Å². The van der Waals surface area contributed by atoms with Gasteiger partial charge in [0.2, 0.25) is 0 Å². The van der Waals surface area contributed by atoms with Crippen molar-refractivity contribution in [2.75, 3.05) is 13.1 Å². The van der Waals surface area contributed by atoms with Crippen LogP contribution in [-0.2, 0) is 0 Å². The summed E-state index contributed by atoms with van der Waals surface area (Å²) in [6, 6.07) is 0. The van der Waals surface area contributed by atoms with Crippen molar-refractivity contribution in [3.8, 4) is 0 Å². The second kappa shape index (κ2) is 8.97. The van der Waals surface area contributed by atoms with Gasteiger partial charge in [-0.25, -0.2) is 0 Å². The van der Waals surface area contributed by atoms with E-state index in [1.807, 2.05) is 0 Å². The number of rotatable bonds is 10. The predicted molar refractivity (Wildman–Crippen MR) is 77.4 cm³/mol. The van der Waals surface area contributed by atoms with Crippen LogP contribution < -0.4 is 5.32 Å². The molecule has 0 atom stereocenters. The van der Waals surface area contributed by atoms with E-state index in [2.05, 4.69) is 19.2 Å². The minimum atomic E-state index is 0.681. The van der Waals surface area contributed by atoms with Crippen LogP contribution in [0.4, 0.5) is 0 Å². The molecule has 0 aromatic heterocycles. The van der Waals surface area contributed by atoms with Crippen molar-refractivity contribution in [1.82, 2.24) is 5.32 Å². The molecule has 0 heterocycles. The van der Waals surface area contributed by atoms with Gasteiger partial charge in [-0.1, -0.05) is 65.2 Å². The molecule has 1 rings (SSSR count). The molecule has 1 N–H and O–H groups in total. The van der Waals surface area contributed by atoms with Crippen LogP contribution in [0.3, 0.4) is 0 Å². The van der Waals surface area contributed by atoms with Crippen LogP contribution >= 0.6 is 0 Å². The third-order valence-electron chi connectivity index (χ3n) is 4.47. The van der Waals surface area contributed by atoms with Gasteiger partial charge >= 0.3 is 0 Å². The number of nitrogens with one attached hydrogen (secondary N) is 1. The van der Waals surface area contributed by atoms with Crippen LogP contribution in [0.2, 0.25) is 0 Å². The molecule has 102 valence electrons. The summed E-state index contributed by atoms with van der Waals surface area (Å²) in [7, 11) is 0. The third-order valence-corrected chi connectivity index (χ3v) is 4.47. The van der Waals surface area contributed by atoms with E-state index in [0.29, 0.717) is 5.41 Å². The van der Waals surface area contributed by atoms with Crippen molar-refractivity contribution in [3.63, 3.8) is 0 Å². The molecular weight excluding hydrogens is 206 g/mol. The van der Waals surface area contributed by atoms with Gasteiger partial charge in [0.1, 0.15) is 0 Å². The number of hydrogen-bond donors (Lipinski definition) is 1. The molecule has 0 aromatic carbocycles. The lowest BCUT2D eigenvalue weighted by molar-refractivity contribution is 0.249. The molecule has 0 saturated heterocycles. The van der Waals surface area contributed by atoms with E-state index in [9.17, 15) is 0 Å². The van der Waals surface area contributed by atoms with Gasteiger partial charge in [-0.3, -0.25) is 0 Å². The van der Waals surface area contributed by atoms with Gasteiger partial charge in [0.25, 0.3) is 0 Å². The molecule has 1 heteroatoms. The summed E-state index contributed by atoms with van der Waals surface area (Å²) < 4.78 is 0. The Hall–Kier alpha value is -0.0400. The molecule has 1 saturated carbocycles. The molecule has 0 amide bonds. The maximum atomic E-state index is 3.59. The topological polar surface area (TPSA) is 12.0 Å². The minimum Gasteiger partial charge on any atom is -0.316 e. The van der Waals surface area contributed by atoms with Gasteiger partial charge in [-0.15, -0.1) is 0 Å². The Morgan fingerprint density at radius 3 is 2.18 bits per heavy atom. The van der Waals surface area contributed by atoms with Gasteiger partial charge in [-0.2, -0.15) is 0 Å². The average molecular weight is 239 g/mol. The van der Waals surface area contributed by atoms with E-state index >= 15 is 0 Å². The summed E-state index contributed by atoms with van der Waals surface area (Å²) in [5.41, 5.74) is 0.681. The van der Waals surface area contributed by atoms with Gasteiger partial charge < -0.3 is 5.32 Å². The Morgan fingerprint density at radius 1 is 0.882 bits per heavy atom. The molecule has 1 nitrogen and oxygen atoms in total. The second-order valence-electron chi connectivity index (χ2n) is 6.01. The zero-order chi connectivity index (χ0) is 12.4. The van der Waals surface area contributed by atoms with Crippen molar-refractivity contribution in [1.29, 1.82) is 0 Å². The molecule has 0 aromatic rings. The summed E-state index contributed by atoms with van der Waals surface area (Å²) in [5.74, 6) is 0. The summed E-state index contributed by atoms with van der Waals surface area (Å²) in [6.07, 6.45) is 16.0. The van der Waals surface area contributed by atoms with Crippen molar-refractivity contribution in [2.45, 2.75) is 84.5 Å². The van der Waals surface area contributed by atoms with E-state index in [1.54, 1.807) is 0 Å². The Bertz CT molecular complexity index is 170. The summed E-state index contributed by atoms with van der Waals surface area (Å²) in [5, 5.41) is 3.59. The molecular formula is C16H33N. The van der Waals surface area contributed by atoms with Crippen molar-refractivity contribution in [2.24, 2.45) is 5.41 Å². The largest absolute Gasteiger partial charge is 0.316 e. The molecule has 17 heavy (non-hydrogen) atoms. The predicted octanol–water partition coefficient (Wildman–Crippen LogP) is 4.91. The smallest absolute Gasteiger partial charge is 0.000769 e. The van der Waals surface area contributed by atoms with Crippen LogP contribution in [0.25, 0.3) is 0 Å². The molecule has 1 fully saturated rings. The van der Waals surface area contributed by atoms with E-state index in [4.69, 9.17) is 0 Å². The number of hydrogen-bond acceptors (Lipinski definition) is 1. The van der Waals surface area contributed by atoms with E-state index in [0.717, 1.165) is 6.54 Å². The normalized spacial score (nSPS) is 18.7. The highest BCUT2D eigenvalue weighted by Gasteiger charge is 2.32. The quantitative estimate of drug-likeness (QED) is 0.534. The average Bonchev–Trinajstić information content (AvgIpc) is 2.80. The first-order valence-corrected chi connectivity index (χ1v) is 8.04. The first-order valence-electron chi connectivity index (χ1n) is 8.04. The highest BCUT2D eigenvalue weighted by atomic mass is 14.9. The van der Waals surface area contributed by atoms with Gasteiger partial charge in [0.05, 0.1) is 0 Å². The summed E-state index contributed by atoms with van der Waals surface area (Å²) in [6.45, 7) is 6.94. The van der Waals surface area contributed by atoms with Crippen LogP contribution in [-0.4, -0.2) is 13.1 Å². The van der Waals surface area contributed by atoms with Crippen molar-refractivity contribution in [3.05, 3.63) is 0 Å². The molecule has 0 radical (unpaired) electrons. The molecule has 1 aliphatic carbocycles. The highest BCUT2D eigenvalue weighted by molar-refractivity contribution is 4.86. The SMILES string of the molecule is CCCCCCCCC1(CNCC)CCCC1. The van der Waals surface area contributed by atoms with Crippen LogP contribution in [0.5, 0.6) is 0 Å². The fraction of sp³-hybridized carbons (Fsp3) is 1.00. The van der Waals surface area contributed by atoms with Gasteiger partial charge in [0.15, 0.2) is 0 Å². The van der Waals surface area contributed by atoms with Crippen LogP contribution in [0, 0.1) is 5.41 Å². The Labute approximate surface area is 109 Å². The molecule has 1 aliphatic rings. The maximum absolute atomic E-state index is 3.59. The fourth-order valence-corrected chi connectivity index (χ4v) is 3.31. The monoisotopic (exact) mass is 239 g/mol. The van der Waals surface area contributed by atoms with E-state index in [-0.39, 0.29) is 0 Å². The fourth-order valence-electron chi connectivity index (χ4n) is 3.31. The Balaban J connectivity index is 2.12. The van der Waals surface area contributed by atoms with Crippen molar-refractivity contribution >= 4 is 0 Å². The zero-order valence-corrected chi connectivity index (χ0v) is 12.2. The van der Waals surface area contributed by atoms with E-state index in [1.165, 1.54) is 77.2 Å². The lowest BCUT2D eigenvalue weighted by Gasteiger charge is -2.29. The molecule has 0 spiro atoms. The molecule has 0 aliphatic heterocycles. The maximum Gasteiger partial charge on any atom is 0.000769 e. The molecule has 0 unspecified atom stereocenters. The Morgan fingerprint density at radius 2 is 1.53 bits per heavy atom. The second-order valence-corrected chi connectivity index (χ2v) is 6.01. The highest BCUT2D eigenvalue weighted by Crippen LogP contribution is 2.41. The molecule has 0 bridgehead atoms. The third kappa shape index (κ3) is 5.90. The summed E-state index contributed by atoms with van der Waals surface area (Å²) >= 11 is 0. The van der Waals surface area contributed by atoms with E-state index < -0.39 is 0 Å².